The van der Waals surface area contributed by atoms with Crippen LogP contribution in [0.15, 0.2) is 78.9 Å². The number of hydrogen-bond acceptors (Lipinski definition) is 2. The number of rotatable bonds is 4. The second-order valence-electron chi connectivity index (χ2n) is 7.28. The van der Waals surface area contributed by atoms with Crippen molar-refractivity contribution in [1.82, 2.24) is 0 Å². The van der Waals surface area contributed by atoms with E-state index in [4.69, 9.17) is 4.74 Å². The van der Waals surface area contributed by atoms with Crippen LogP contribution in [0.3, 0.4) is 0 Å². The van der Waals surface area contributed by atoms with Crippen LogP contribution in [0.1, 0.15) is 46.5 Å². The van der Waals surface area contributed by atoms with Crippen LogP contribution in [0.2, 0.25) is 0 Å². The summed E-state index contributed by atoms with van der Waals surface area (Å²) in [6.07, 6.45) is 1.04. The van der Waals surface area contributed by atoms with Crippen LogP contribution in [0.5, 0.6) is 0 Å². The zero-order chi connectivity index (χ0) is 18.1. The van der Waals surface area contributed by atoms with Gasteiger partial charge in [-0.25, -0.2) is 4.79 Å². The highest BCUT2D eigenvalue weighted by molar-refractivity contribution is 5.96. The molecule has 1 unspecified atom stereocenters. The van der Waals surface area contributed by atoms with Gasteiger partial charge in [-0.05, 0) is 24.0 Å². The van der Waals surface area contributed by atoms with Crippen LogP contribution < -0.4 is 0 Å². The molecule has 1 atom stereocenters. The molecule has 0 spiro atoms. The number of esters is 1. The highest BCUT2D eigenvalue weighted by Gasteiger charge is 2.48. The lowest BCUT2D eigenvalue weighted by Crippen LogP contribution is -2.29. The fourth-order valence-electron chi connectivity index (χ4n) is 3.83. The van der Waals surface area contributed by atoms with Crippen molar-refractivity contribution in [2.45, 2.75) is 25.9 Å². The van der Waals surface area contributed by atoms with Gasteiger partial charge in [0.1, 0.15) is 0 Å². The molecule has 0 N–H and O–H groups in total. The summed E-state index contributed by atoms with van der Waals surface area (Å²) < 4.78 is 6.07. The Morgan fingerprint density at radius 1 is 0.808 bits per heavy atom. The predicted octanol–water partition coefficient (Wildman–Crippen LogP) is 5.35. The van der Waals surface area contributed by atoms with E-state index in [0.717, 1.165) is 23.1 Å². The third-order valence-corrected chi connectivity index (χ3v) is 4.96. The van der Waals surface area contributed by atoms with Crippen LogP contribution >= 0.6 is 0 Å². The lowest BCUT2D eigenvalue weighted by Gasteiger charge is -2.30. The molecular formula is C24H22O2. The minimum atomic E-state index is -0.884. The van der Waals surface area contributed by atoms with Crippen molar-refractivity contribution in [2.75, 3.05) is 0 Å². The third-order valence-electron chi connectivity index (χ3n) is 4.96. The molecule has 4 rings (SSSR count). The minimum absolute atomic E-state index is 0.268. The monoisotopic (exact) mass is 342 g/mol. The van der Waals surface area contributed by atoms with E-state index in [0.29, 0.717) is 11.5 Å². The van der Waals surface area contributed by atoms with Gasteiger partial charge in [-0.1, -0.05) is 86.6 Å². The first kappa shape index (κ1) is 16.6. The summed E-state index contributed by atoms with van der Waals surface area (Å²) in [5.41, 5.74) is 3.91. The quantitative estimate of drug-likeness (QED) is 0.598. The van der Waals surface area contributed by atoms with Crippen molar-refractivity contribution >= 4 is 5.97 Å². The molecule has 1 aliphatic rings. The van der Waals surface area contributed by atoms with Gasteiger partial charge >= 0.3 is 5.97 Å². The van der Waals surface area contributed by atoms with Gasteiger partial charge in [0, 0.05) is 16.7 Å². The first-order valence-corrected chi connectivity index (χ1v) is 9.09. The smallest absolute Gasteiger partial charge is 0.340 e. The molecule has 3 aromatic rings. The van der Waals surface area contributed by atoms with E-state index < -0.39 is 5.60 Å². The van der Waals surface area contributed by atoms with E-state index in [1.54, 1.807) is 0 Å². The van der Waals surface area contributed by atoms with Crippen LogP contribution in [0, 0.1) is 5.92 Å². The largest absolute Gasteiger partial charge is 0.441 e. The van der Waals surface area contributed by atoms with E-state index in [1.165, 1.54) is 5.56 Å². The van der Waals surface area contributed by atoms with E-state index in [1.807, 2.05) is 54.6 Å². The number of fused-ring (bicyclic) bond motifs is 1. The molecule has 130 valence electrons. The normalized spacial score (nSPS) is 18.7. The van der Waals surface area contributed by atoms with Crippen molar-refractivity contribution < 1.29 is 9.53 Å². The molecule has 2 nitrogen and oxygen atoms in total. The molecule has 3 aromatic carbocycles. The van der Waals surface area contributed by atoms with Gasteiger partial charge in [0.2, 0.25) is 0 Å². The summed E-state index contributed by atoms with van der Waals surface area (Å²) in [6, 6.07) is 26.2. The second-order valence-corrected chi connectivity index (χ2v) is 7.28. The van der Waals surface area contributed by atoms with Gasteiger partial charge < -0.3 is 4.74 Å². The highest BCUT2D eigenvalue weighted by Crippen LogP contribution is 2.46. The van der Waals surface area contributed by atoms with Gasteiger partial charge in [0.25, 0.3) is 0 Å². The molecule has 0 amide bonds. The van der Waals surface area contributed by atoms with E-state index in [-0.39, 0.29) is 5.97 Å². The predicted molar refractivity (Wildman–Crippen MR) is 103 cm³/mol. The van der Waals surface area contributed by atoms with Crippen LogP contribution in [-0.4, -0.2) is 5.97 Å². The summed E-state index contributed by atoms with van der Waals surface area (Å²) in [5.74, 6) is 0.338. The first-order valence-electron chi connectivity index (χ1n) is 9.09. The number of cyclic esters (lactones) is 1. The molecule has 26 heavy (non-hydrogen) atoms. The third kappa shape index (κ3) is 2.62. The number of carbonyl (C=O) groups is 1. The van der Waals surface area contributed by atoms with Gasteiger partial charge in [-0.3, -0.25) is 0 Å². The molecule has 1 heterocycles. The summed E-state index contributed by atoms with van der Waals surface area (Å²) >= 11 is 0. The summed E-state index contributed by atoms with van der Waals surface area (Å²) in [6.45, 7) is 4.43. The zero-order valence-corrected chi connectivity index (χ0v) is 15.1. The van der Waals surface area contributed by atoms with Crippen molar-refractivity contribution in [1.29, 1.82) is 0 Å². The Labute approximate surface area is 154 Å². The summed E-state index contributed by atoms with van der Waals surface area (Å²) in [7, 11) is 0. The molecule has 0 aliphatic carbocycles. The van der Waals surface area contributed by atoms with E-state index in [9.17, 15) is 4.79 Å². The number of benzene rings is 3. The fraction of sp³-hybridized carbons (Fsp3) is 0.208. The standard InChI is InChI=1S/C24H22O2/c1-17(2)16-18-12-14-20(15-13-18)24(19-8-4-3-5-9-19)22-11-7-6-10-21(22)23(25)26-24/h3-15,17H,16H2,1-2H3. The number of carbonyl (C=O) groups excluding carboxylic acids is 1. The lowest BCUT2D eigenvalue weighted by molar-refractivity contribution is 0.0251. The van der Waals surface area contributed by atoms with Crippen molar-refractivity contribution in [3.05, 3.63) is 107 Å². The topological polar surface area (TPSA) is 26.3 Å². The van der Waals surface area contributed by atoms with Crippen LogP contribution in [0.4, 0.5) is 0 Å². The van der Waals surface area contributed by atoms with Gasteiger partial charge in [-0.15, -0.1) is 0 Å². The van der Waals surface area contributed by atoms with Crippen molar-refractivity contribution in [2.24, 2.45) is 5.92 Å². The van der Waals surface area contributed by atoms with Gasteiger partial charge in [0.05, 0.1) is 5.56 Å². The Hall–Kier alpha value is -2.87. The summed E-state index contributed by atoms with van der Waals surface area (Å²) in [5, 5.41) is 0. The molecule has 0 radical (unpaired) electrons. The van der Waals surface area contributed by atoms with E-state index in [2.05, 4.69) is 38.1 Å². The van der Waals surface area contributed by atoms with Crippen molar-refractivity contribution in [3.63, 3.8) is 0 Å². The number of hydrogen-bond donors (Lipinski definition) is 0. The van der Waals surface area contributed by atoms with Crippen LogP contribution in [0.25, 0.3) is 0 Å². The van der Waals surface area contributed by atoms with Crippen molar-refractivity contribution in [3.8, 4) is 0 Å². The average Bonchev–Trinajstić information content (AvgIpc) is 2.97. The molecule has 1 aliphatic heterocycles. The molecule has 0 aromatic heterocycles. The Morgan fingerprint density at radius 3 is 2.12 bits per heavy atom. The lowest BCUT2D eigenvalue weighted by atomic mass is 9.79. The maximum atomic E-state index is 12.6. The van der Waals surface area contributed by atoms with Gasteiger partial charge in [0.15, 0.2) is 5.60 Å². The van der Waals surface area contributed by atoms with E-state index >= 15 is 0 Å². The Bertz CT molecular complexity index is 926. The molecule has 0 saturated heterocycles. The average molecular weight is 342 g/mol. The first-order chi connectivity index (χ1) is 12.6. The van der Waals surface area contributed by atoms with Crippen LogP contribution in [-0.2, 0) is 16.8 Å². The summed E-state index contributed by atoms with van der Waals surface area (Å²) in [4.78, 5) is 12.6. The molecule has 0 bridgehead atoms. The Kier molecular flexibility index (Phi) is 4.12. The second kappa shape index (κ2) is 6.45. The maximum Gasteiger partial charge on any atom is 0.340 e. The zero-order valence-electron chi connectivity index (χ0n) is 15.1. The SMILES string of the molecule is CC(C)Cc1ccc(C2(c3ccccc3)OC(=O)c3ccccc32)cc1. The number of ether oxygens (including phenoxy) is 1. The Balaban J connectivity index is 1.90. The Morgan fingerprint density at radius 2 is 1.42 bits per heavy atom. The molecule has 2 heteroatoms. The minimum Gasteiger partial charge on any atom is -0.441 e. The molecular weight excluding hydrogens is 320 g/mol. The maximum absolute atomic E-state index is 12.6. The van der Waals surface area contributed by atoms with Gasteiger partial charge in [-0.2, -0.15) is 0 Å². The fourth-order valence-corrected chi connectivity index (χ4v) is 3.83. The molecule has 0 fully saturated rings. The highest BCUT2D eigenvalue weighted by atomic mass is 16.6. The molecule has 0 saturated carbocycles.